The first-order valence-electron chi connectivity index (χ1n) is 5.95. The van der Waals surface area contributed by atoms with E-state index in [-0.39, 0.29) is 11.8 Å². The van der Waals surface area contributed by atoms with Gasteiger partial charge in [0.25, 0.3) is 5.91 Å². The van der Waals surface area contributed by atoms with E-state index in [2.05, 4.69) is 37.2 Å². The molecule has 0 aliphatic rings. The molecule has 106 valence electrons. The highest BCUT2D eigenvalue weighted by molar-refractivity contribution is 9.12. The van der Waals surface area contributed by atoms with Crippen LogP contribution in [0.3, 0.4) is 0 Å². The number of nitrogens with zero attached hydrogens (tertiary/aromatic N) is 1. The molecule has 1 aromatic heterocycles. The molecule has 0 spiro atoms. The summed E-state index contributed by atoms with van der Waals surface area (Å²) in [7, 11) is 0. The van der Waals surface area contributed by atoms with E-state index in [0.29, 0.717) is 18.7 Å². The quantitative estimate of drug-likeness (QED) is 0.808. The summed E-state index contributed by atoms with van der Waals surface area (Å²) in [5.74, 6) is -0.314. The molecule has 2 amide bonds. The van der Waals surface area contributed by atoms with Crippen LogP contribution in [0.2, 0.25) is 0 Å². The molecule has 0 fully saturated rings. The third-order valence-corrected chi connectivity index (χ3v) is 5.03. The second kappa shape index (κ2) is 7.40. The SMILES string of the molecule is CCN(CC)C(=O)C(C)NC(=O)c1cc(Br)sc1Br. The van der Waals surface area contributed by atoms with Gasteiger partial charge in [-0.25, -0.2) is 0 Å². The zero-order valence-corrected chi connectivity index (χ0v) is 15.0. The number of thiophene rings is 1. The summed E-state index contributed by atoms with van der Waals surface area (Å²) in [5, 5.41) is 2.72. The highest BCUT2D eigenvalue weighted by Gasteiger charge is 2.22. The summed E-state index contributed by atoms with van der Waals surface area (Å²) in [5.41, 5.74) is 0.538. The lowest BCUT2D eigenvalue weighted by atomic mass is 10.2. The van der Waals surface area contributed by atoms with Gasteiger partial charge in [0.2, 0.25) is 5.91 Å². The second-order valence-electron chi connectivity index (χ2n) is 3.94. The topological polar surface area (TPSA) is 49.4 Å². The number of hydrogen-bond acceptors (Lipinski definition) is 3. The lowest BCUT2D eigenvalue weighted by molar-refractivity contribution is -0.132. The predicted molar refractivity (Wildman–Crippen MR) is 84.6 cm³/mol. The normalized spacial score (nSPS) is 12.1. The van der Waals surface area contributed by atoms with Gasteiger partial charge in [0.05, 0.1) is 13.1 Å². The largest absolute Gasteiger partial charge is 0.341 e. The minimum atomic E-state index is -0.530. The molecule has 0 saturated heterocycles. The van der Waals surface area contributed by atoms with Crippen LogP contribution in [-0.2, 0) is 4.79 Å². The molecule has 0 radical (unpaired) electrons. The van der Waals surface area contributed by atoms with Gasteiger partial charge in [-0.15, -0.1) is 11.3 Å². The van der Waals surface area contributed by atoms with Gasteiger partial charge >= 0.3 is 0 Å². The van der Waals surface area contributed by atoms with Crippen molar-refractivity contribution < 1.29 is 9.59 Å². The van der Waals surface area contributed by atoms with Crippen LogP contribution < -0.4 is 5.32 Å². The van der Waals surface area contributed by atoms with E-state index < -0.39 is 6.04 Å². The summed E-state index contributed by atoms with van der Waals surface area (Å²) < 4.78 is 1.62. The maximum absolute atomic E-state index is 12.1. The van der Waals surface area contributed by atoms with Gasteiger partial charge in [-0.3, -0.25) is 9.59 Å². The van der Waals surface area contributed by atoms with Crippen molar-refractivity contribution in [3.63, 3.8) is 0 Å². The number of carbonyl (C=O) groups is 2. The van der Waals surface area contributed by atoms with Crippen molar-refractivity contribution in [2.75, 3.05) is 13.1 Å². The third kappa shape index (κ3) is 4.29. The Labute approximate surface area is 133 Å². The molecule has 1 rings (SSSR count). The molecule has 1 unspecified atom stereocenters. The molecule has 1 N–H and O–H groups in total. The Bertz CT molecular complexity index is 472. The molecule has 1 aromatic rings. The number of carbonyl (C=O) groups excluding carboxylic acids is 2. The molecule has 0 aromatic carbocycles. The Morgan fingerprint density at radius 2 is 1.95 bits per heavy atom. The van der Waals surface area contributed by atoms with Gasteiger partial charge in [0.1, 0.15) is 6.04 Å². The highest BCUT2D eigenvalue weighted by Crippen LogP contribution is 2.31. The Kier molecular flexibility index (Phi) is 6.49. The number of amides is 2. The maximum atomic E-state index is 12.1. The monoisotopic (exact) mass is 410 g/mol. The van der Waals surface area contributed by atoms with E-state index in [1.165, 1.54) is 11.3 Å². The summed E-state index contributed by atoms with van der Waals surface area (Å²) in [6.07, 6.45) is 0. The van der Waals surface area contributed by atoms with Gasteiger partial charge in [-0.1, -0.05) is 0 Å². The summed E-state index contributed by atoms with van der Waals surface area (Å²) >= 11 is 8.08. The van der Waals surface area contributed by atoms with Crippen molar-refractivity contribution in [1.82, 2.24) is 10.2 Å². The molecule has 0 saturated carbocycles. The predicted octanol–water partition coefficient (Wildman–Crippen LogP) is 3.26. The van der Waals surface area contributed by atoms with Crippen molar-refractivity contribution in [2.24, 2.45) is 0 Å². The van der Waals surface area contributed by atoms with Crippen LogP contribution in [0.4, 0.5) is 0 Å². The van der Waals surface area contributed by atoms with Gasteiger partial charge in [-0.05, 0) is 58.7 Å². The van der Waals surface area contributed by atoms with E-state index in [1.54, 1.807) is 17.9 Å². The maximum Gasteiger partial charge on any atom is 0.253 e. The van der Waals surface area contributed by atoms with Gasteiger partial charge in [0.15, 0.2) is 0 Å². The average molecular weight is 412 g/mol. The van der Waals surface area contributed by atoms with Crippen LogP contribution in [0.15, 0.2) is 13.6 Å². The smallest absolute Gasteiger partial charge is 0.253 e. The minimum absolute atomic E-state index is 0.0660. The molecular formula is C12H16Br2N2O2S. The van der Waals surface area contributed by atoms with E-state index >= 15 is 0 Å². The summed E-state index contributed by atoms with van der Waals surface area (Å²) in [6.45, 7) is 6.82. The number of halogens is 2. The molecular weight excluding hydrogens is 396 g/mol. The molecule has 0 aliphatic carbocycles. The van der Waals surface area contributed by atoms with Crippen molar-refractivity contribution in [1.29, 1.82) is 0 Å². The second-order valence-corrected chi connectivity index (χ2v) is 7.69. The van der Waals surface area contributed by atoms with Crippen LogP contribution in [0.25, 0.3) is 0 Å². The van der Waals surface area contributed by atoms with E-state index in [1.807, 2.05) is 13.8 Å². The van der Waals surface area contributed by atoms with Crippen LogP contribution in [-0.4, -0.2) is 35.8 Å². The first-order chi connectivity index (χ1) is 8.90. The molecule has 0 aliphatic heterocycles. The summed E-state index contributed by atoms with van der Waals surface area (Å²) in [6, 6.07) is 1.21. The fourth-order valence-electron chi connectivity index (χ4n) is 1.64. The van der Waals surface area contributed by atoms with Crippen LogP contribution in [0.5, 0.6) is 0 Å². The van der Waals surface area contributed by atoms with Crippen molar-refractivity contribution in [3.8, 4) is 0 Å². The fourth-order valence-corrected chi connectivity index (χ4v) is 4.43. The number of rotatable bonds is 5. The number of likely N-dealkylation sites (N-methyl/N-ethyl adjacent to an activating group) is 1. The number of nitrogens with one attached hydrogen (secondary N) is 1. The van der Waals surface area contributed by atoms with Crippen molar-refractivity contribution in [2.45, 2.75) is 26.8 Å². The molecule has 19 heavy (non-hydrogen) atoms. The first-order valence-corrected chi connectivity index (χ1v) is 8.35. The molecule has 1 atom stereocenters. The molecule has 0 bridgehead atoms. The van der Waals surface area contributed by atoms with Crippen molar-refractivity contribution in [3.05, 3.63) is 19.2 Å². The van der Waals surface area contributed by atoms with Crippen LogP contribution >= 0.6 is 43.2 Å². The fraction of sp³-hybridized carbons (Fsp3) is 0.500. The van der Waals surface area contributed by atoms with Crippen LogP contribution in [0.1, 0.15) is 31.1 Å². The Balaban J connectivity index is 2.71. The zero-order valence-electron chi connectivity index (χ0n) is 11.0. The van der Waals surface area contributed by atoms with E-state index in [0.717, 1.165) is 7.57 Å². The molecule has 4 nitrogen and oxygen atoms in total. The Morgan fingerprint density at radius 3 is 2.37 bits per heavy atom. The standard InChI is InChI=1S/C12H16Br2N2O2S/c1-4-16(5-2)12(18)7(3)15-11(17)8-6-9(13)19-10(8)14/h6-7H,4-5H2,1-3H3,(H,15,17). The average Bonchev–Trinajstić information content (AvgIpc) is 2.69. The minimum Gasteiger partial charge on any atom is -0.341 e. The van der Waals surface area contributed by atoms with Crippen LogP contribution in [0, 0.1) is 0 Å². The Morgan fingerprint density at radius 1 is 1.37 bits per heavy atom. The lowest BCUT2D eigenvalue weighted by Gasteiger charge is -2.23. The molecule has 1 heterocycles. The Hall–Kier alpha value is -0.400. The number of hydrogen-bond donors (Lipinski definition) is 1. The van der Waals surface area contributed by atoms with Gasteiger partial charge < -0.3 is 10.2 Å². The van der Waals surface area contributed by atoms with E-state index in [4.69, 9.17) is 0 Å². The molecule has 7 heteroatoms. The first kappa shape index (κ1) is 16.7. The van der Waals surface area contributed by atoms with E-state index in [9.17, 15) is 9.59 Å². The van der Waals surface area contributed by atoms with Gasteiger partial charge in [0, 0.05) is 13.1 Å². The third-order valence-electron chi connectivity index (χ3n) is 2.69. The zero-order chi connectivity index (χ0) is 14.6. The van der Waals surface area contributed by atoms with Gasteiger partial charge in [-0.2, -0.15) is 0 Å². The lowest BCUT2D eigenvalue weighted by Crippen LogP contribution is -2.46. The summed E-state index contributed by atoms with van der Waals surface area (Å²) in [4.78, 5) is 25.8. The highest BCUT2D eigenvalue weighted by atomic mass is 79.9. The van der Waals surface area contributed by atoms with Crippen molar-refractivity contribution >= 4 is 55.0 Å².